The highest BCUT2D eigenvalue weighted by Gasteiger charge is 2.23. The second-order valence-corrected chi connectivity index (χ2v) is 12.4. The summed E-state index contributed by atoms with van der Waals surface area (Å²) in [6, 6.07) is 22.0. The van der Waals surface area contributed by atoms with Crippen molar-refractivity contribution in [1.29, 1.82) is 0 Å². The zero-order chi connectivity index (χ0) is 18.1. The fourth-order valence-electron chi connectivity index (χ4n) is 3.11. The predicted octanol–water partition coefficient (Wildman–Crippen LogP) is 5.15. The number of hydrogen-bond acceptors (Lipinski definition) is 2. The number of rotatable bonds is 9. The highest BCUT2D eigenvalue weighted by molar-refractivity contribution is 6.89. The maximum Gasteiger partial charge on any atom is 0.306 e. The van der Waals surface area contributed by atoms with Crippen LogP contribution in [-0.2, 0) is 16.1 Å². The molecule has 2 aromatic carbocycles. The van der Waals surface area contributed by atoms with Crippen molar-refractivity contribution in [2.45, 2.75) is 51.9 Å². The highest BCUT2D eigenvalue weighted by Crippen LogP contribution is 2.19. The minimum Gasteiger partial charge on any atom is -0.461 e. The van der Waals surface area contributed by atoms with Crippen LogP contribution < -0.4 is 5.19 Å². The van der Waals surface area contributed by atoms with Crippen molar-refractivity contribution in [2.75, 3.05) is 0 Å². The molecule has 2 nitrogen and oxygen atoms in total. The Labute approximate surface area is 153 Å². The molecule has 0 heterocycles. The van der Waals surface area contributed by atoms with E-state index in [4.69, 9.17) is 4.74 Å². The van der Waals surface area contributed by atoms with Crippen LogP contribution in [0.3, 0.4) is 0 Å². The minimum atomic E-state index is -1.36. The fourth-order valence-corrected chi connectivity index (χ4v) is 5.58. The Morgan fingerprint density at radius 2 is 1.60 bits per heavy atom. The number of ether oxygens (including phenoxy) is 1. The second kappa shape index (κ2) is 9.57. The van der Waals surface area contributed by atoms with E-state index in [2.05, 4.69) is 50.3 Å². The van der Waals surface area contributed by atoms with E-state index in [0.717, 1.165) is 12.0 Å². The third kappa shape index (κ3) is 6.87. The Kier molecular flexibility index (Phi) is 7.45. The lowest BCUT2D eigenvalue weighted by atomic mass is 10.0. The summed E-state index contributed by atoms with van der Waals surface area (Å²) >= 11 is 0. The SMILES string of the molecule is CC(CCC[Si](C)(C)c1ccccc1)CC(=O)OCc1ccccc1. The van der Waals surface area contributed by atoms with E-state index in [9.17, 15) is 4.79 Å². The van der Waals surface area contributed by atoms with E-state index < -0.39 is 8.07 Å². The molecular weight excluding hydrogens is 324 g/mol. The van der Waals surface area contributed by atoms with Gasteiger partial charge < -0.3 is 4.74 Å². The molecule has 1 unspecified atom stereocenters. The van der Waals surface area contributed by atoms with Crippen molar-refractivity contribution < 1.29 is 9.53 Å². The molecule has 0 fully saturated rings. The van der Waals surface area contributed by atoms with Crippen LogP contribution in [0.4, 0.5) is 0 Å². The maximum absolute atomic E-state index is 12.0. The Balaban J connectivity index is 1.68. The molecule has 0 aliphatic rings. The highest BCUT2D eigenvalue weighted by atomic mass is 28.3. The largest absolute Gasteiger partial charge is 0.461 e. The van der Waals surface area contributed by atoms with Gasteiger partial charge in [0.05, 0.1) is 8.07 Å². The third-order valence-electron chi connectivity index (χ3n) is 4.81. The van der Waals surface area contributed by atoms with Gasteiger partial charge >= 0.3 is 5.97 Å². The van der Waals surface area contributed by atoms with E-state index in [1.807, 2.05) is 30.3 Å². The van der Waals surface area contributed by atoms with E-state index in [-0.39, 0.29) is 5.97 Å². The van der Waals surface area contributed by atoms with E-state index >= 15 is 0 Å². The van der Waals surface area contributed by atoms with Crippen molar-refractivity contribution in [3.63, 3.8) is 0 Å². The molecule has 134 valence electrons. The molecule has 0 aliphatic heterocycles. The van der Waals surface area contributed by atoms with Crippen molar-refractivity contribution in [2.24, 2.45) is 5.92 Å². The molecule has 25 heavy (non-hydrogen) atoms. The molecule has 1 atom stereocenters. The summed E-state index contributed by atoms with van der Waals surface area (Å²) in [6.45, 7) is 7.39. The van der Waals surface area contributed by atoms with Gasteiger partial charge in [0, 0.05) is 6.42 Å². The molecule has 0 radical (unpaired) electrons. The topological polar surface area (TPSA) is 26.3 Å². The summed E-state index contributed by atoms with van der Waals surface area (Å²) in [5.41, 5.74) is 1.04. The third-order valence-corrected chi connectivity index (χ3v) is 8.31. The van der Waals surface area contributed by atoms with Gasteiger partial charge in [-0.1, -0.05) is 105 Å². The number of hydrogen-bond donors (Lipinski definition) is 0. The van der Waals surface area contributed by atoms with Crippen LogP contribution in [-0.4, -0.2) is 14.0 Å². The maximum atomic E-state index is 12.0. The van der Waals surface area contributed by atoms with Crippen molar-refractivity contribution >= 4 is 19.2 Å². The van der Waals surface area contributed by atoms with Gasteiger partial charge in [0.2, 0.25) is 0 Å². The lowest BCUT2D eigenvalue weighted by Gasteiger charge is -2.23. The van der Waals surface area contributed by atoms with Gasteiger partial charge in [-0.2, -0.15) is 0 Å². The van der Waals surface area contributed by atoms with Crippen LogP contribution in [0.5, 0.6) is 0 Å². The van der Waals surface area contributed by atoms with Gasteiger partial charge in [-0.3, -0.25) is 4.79 Å². The quantitative estimate of drug-likeness (QED) is 0.460. The minimum absolute atomic E-state index is 0.0871. The van der Waals surface area contributed by atoms with Crippen LogP contribution in [0.25, 0.3) is 0 Å². The number of benzene rings is 2. The molecule has 0 aliphatic carbocycles. The van der Waals surface area contributed by atoms with Crippen LogP contribution in [0.15, 0.2) is 60.7 Å². The second-order valence-electron chi connectivity index (χ2n) is 7.60. The summed E-state index contributed by atoms with van der Waals surface area (Å²) in [4.78, 5) is 12.0. The number of carbonyl (C=O) groups excluding carboxylic acids is 1. The van der Waals surface area contributed by atoms with E-state index in [1.165, 1.54) is 17.7 Å². The Hall–Kier alpha value is -1.87. The van der Waals surface area contributed by atoms with Crippen LogP contribution in [0.2, 0.25) is 19.1 Å². The predicted molar refractivity (Wildman–Crippen MR) is 108 cm³/mol. The summed E-state index contributed by atoms with van der Waals surface area (Å²) in [5.74, 6) is 0.291. The first kappa shape index (κ1) is 19.5. The molecule has 2 aromatic rings. The van der Waals surface area contributed by atoms with E-state index in [0.29, 0.717) is 18.9 Å². The van der Waals surface area contributed by atoms with Gasteiger partial charge in [-0.15, -0.1) is 0 Å². The van der Waals surface area contributed by atoms with Crippen LogP contribution >= 0.6 is 0 Å². The Morgan fingerprint density at radius 1 is 1.00 bits per heavy atom. The summed E-state index contributed by atoms with van der Waals surface area (Å²) in [7, 11) is -1.36. The zero-order valence-corrected chi connectivity index (χ0v) is 16.7. The Morgan fingerprint density at radius 3 is 2.24 bits per heavy atom. The van der Waals surface area contributed by atoms with Crippen molar-refractivity contribution in [3.05, 3.63) is 66.2 Å². The summed E-state index contributed by atoms with van der Waals surface area (Å²) in [5, 5.41) is 1.52. The average Bonchev–Trinajstić information content (AvgIpc) is 2.61. The molecule has 2 rings (SSSR count). The molecule has 0 amide bonds. The zero-order valence-electron chi connectivity index (χ0n) is 15.7. The van der Waals surface area contributed by atoms with Gasteiger partial charge in [0.1, 0.15) is 6.61 Å². The van der Waals surface area contributed by atoms with Crippen LogP contribution in [0.1, 0.15) is 31.7 Å². The molecule has 0 spiro atoms. The van der Waals surface area contributed by atoms with Crippen molar-refractivity contribution in [1.82, 2.24) is 0 Å². The molecule has 0 bridgehead atoms. The molecular formula is C22H30O2Si. The average molecular weight is 355 g/mol. The standard InChI is InChI=1S/C22H30O2Si/c1-19(17-22(23)24-18-20-12-6-4-7-13-20)11-10-16-25(2,3)21-14-8-5-9-15-21/h4-9,12-15,19H,10-11,16-18H2,1-3H3. The number of carbonyl (C=O) groups is 1. The molecule has 3 heteroatoms. The monoisotopic (exact) mass is 354 g/mol. The van der Waals surface area contributed by atoms with Gasteiger partial charge in [0.15, 0.2) is 0 Å². The van der Waals surface area contributed by atoms with Gasteiger partial charge in [-0.05, 0) is 11.5 Å². The number of esters is 1. The lowest BCUT2D eigenvalue weighted by molar-refractivity contribution is -0.146. The first-order chi connectivity index (χ1) is 12.0. The molecule has 0 N–H and O–H groups in total. The van der Waals surface area contributed by atoms with E-state index in [1.54, 1.807) is 0 Å². The fraction of sp³-hybridized carbons (Fsp3) is 0.409. The molecule has 0 aromatic heterocycles. The summed E-state index contributed by atoms with van der Waals surface area (Å²) < 4.78 is 5.39. The molecule has 0 saturated carbocycles. The smallest absolute Gasteiger partial charge is 0.306 e. The lowest BCUT2D eigenvalue weighted by Crippen LogP contribution is -2.40. The van der Waals surface area contributed by atoms with Gasteiger partial charge in [-0.25, -0.2) is 0 Å². The molecule has 0 saturated heterocycles. The van der Waals surface area contributed by atoms with Gasteiger partial charge in [0.25, 0.3) is 0 Å². The Bertz CT molecular complexity index is 638. The summed E-state index contributed by atoms with van der Waals surface area (Å²) in [6.07, 6.45) is 2.78. The first-order valence-corrected chi connectivity index (χ1v) is 12.4. The first-order valence-electron chi connectivity index (χ1n) is 9.22. The van der Waals surface area contributed by atoms with Crippen molar-refractivity contribution in [3.8, 4) is 0 Å². The van der Waals surface area contributed by atoms with Crippen LogP contribution in [0, 0.1) is 5.92 Å². The normalized spacial score (nSPS) is 12.6.